The van der Waals surface area contributed by atoms with Crippen LogP contribution in [0, 0.1) is 39.5 Å². The second-order valence-corrected chi connectivity index (χ2v) is 11.2. The predicted molar refractivity (Wildman–Crippen MR) is 137 cm³/mol. The van der Waals surface area contributed by atoms with E-state index in [4.69, 9.17) is 4.74 Å². The molecule has 0 saturated carbocycles. The molecule has 1 nitrogen and oxygen atoms in total. The Morgan fingerprint density at radius 2 is 1.42 bits per heavy atom. The lowest BCUT2D eigenvalue weighted by Gasteiger charge is -2.38. The highest BCUT2D eigenvalue weighted by molar-refractivity contribution is 5.55. The molecule has 1 aromatic rings. The maximum Gasteiger partial charge on any atom is 0.126 e. The number of ether oxygens (including phenoxy) is 1. The van der Waals surface area contributed by atoms with E-state index in [2.05, 4.69) is 62.0 Å². The summed E-state index contributed by atoms with van der Waals surface area (Å²) in [6, 6.07) is 0. The van der Waals surface area contributed by atoms with Crippen LogP contribution in [0.2, 0.25) is 0 Å². The van der Waals surface area contributed by atoms with Crippen molar-refractivity contribution in [3.63, 3.8) is 0 Å². The summed E-state index contributed by atoms with van der Waals surface area (Å²) in [6.07, 6.45) is 14.1. The Balaban J connectivity index is 1.74. The number of allylic oxidation sites excluding steroid dienone is 1. The average Bonchev–Trinajstić information content (AvgIpc) is 2.70. The van der Waals surface area contributed by atoms with Crippen molar-refractivity contribution in [3.8, 4) is 5.75 Å². The summed E-state index contributed by atoms with van der Waals surface area (Å²) >= 11 is 0. The lowest BCUT2D eigenvalue weighted by Crippen LogP contribution is -2.37. The van der Waals surface area contributed by atoms with Gasteiger partial charge in [-0.2, -0.15) is 0 Å². The molecule has 1 aliphatic heterocycles. The Morgan fingerprint density at radius 3 is 2.03 bits per heavy atom. The van der Waals surface area contributed by atoms with Gasteiger partial charge < -0.3 is 4.74 Å². The molecular weight excluding hydrogens is 376 g/mol. The van der Waals surface area contributed by atoms with Gasteiger partial charge in [-0.3, -0.25) is 0 Å². The van der Waals surface area contributed by atoms with Crippen molar-refractivity contribution in [3.05, 3.63) is 40.0 Å². The fourth-order valence-corrected chi connectivity index (χ4v) is 5.34. The van der Waals surface area contributed by atoms with Crippen LogP contribution in [0.3, 0.4) is 0 Å². The SMILES string of the molecule is C=C(C)CCCC(C)CCCC(C)CCCC1(C)CCc2c(C)c(C)c(C)c(C)c2O1. The van der Waals surface area contributed by atoms with Gasteiger partial charge in [0.25, 0.3) is 0 Å². The topological polar surface area (TPSA) is 9.23 Å². The number of hydrogen-bond acceptors (Lipinski definition) is 1. The van der Waals surface area contributed by atoms with Crippen LogP contribution in [0.4, 0.5) is 0 Å². The van der Waals surface area contributed by atoms with Gasteiger partial charge in [-0.25, -0.2) is 0 Å². The molecule has 0 N–H and O–H groups in total. The highest BCUT2D eigenvalue weighted by atomic mass is 16.5. The summed E-state index contributed by atoms with van der Waals surface area (Å²) in [6.45, 7) is 22.4. The van der Waals surface area contributed by atoms with Crippen LogP contribution in [0.5, 0.6) is 5.75 Å². The zero-order valence-electron chi connectivity index (χ0n) is 22.0. The molecule has 0 radical (unpaired) electrons. The molecule has 0 aromatic heterocycles. The Kier molecular flexibility index (Phi) is 9.71. The minimum atomic E-state index is 0.00339. The minimum Gasteiger partial charge on any atom is -0.487 e. The number of benzene rings is 1. The maximum atomic E-state index is 6.71. The van der Waals surface area contributed by atoms with Gasteiger partial charge in [0.2, 0.25) is 0 Å². The smallest absolute Gasteiger partial charge is 0.126 e. The van der Waals surface area contributed by atoms with Crippen LogP contribution in [0.1, 0.15) is 120 Å². The molecule has 0 amide bonds. The van der Waals surface area contributed by atoms with Crippen molar-refractivity contribution in [1.82, 2.24) is 0 Å². The second-order valence-electron chi connectivity index (χ2n) is 11.2. The molecule has 3 unspecified atom stereocenters. The number of rotatable bonds is 12. The van der Waals surface area contributed by atoms with Crippen molar-refractivity contribution in [1.29, 1.82) is 0 Å². The average molecular weight is 427 g/mol. The molecule has 0 bridgehead atoms. The van der Waals surface area contributed by atoms with Crippen LogP contribution in [-0.2, 0) is 6.42 Å². The Morgan fingerprint density at radius 1 is 0.871 bits per heavy atom. The molecule has 1 heterocycles. The first-order valence-electron chi connectivity index (χ1n) is 13.0. The standard InChI is InChI=1S/C30H50O/c1-21(2)13-10-14-22(3)15-11-16-23(4)17-12-19-30(9)20-18-28-26(7)24(5)25(6)27(8)29(28)31-30/h22-23H,1,10-20H2,2-9H3. The van der Waals surface area contributed by atoms with Gasteiger partial charge in [-0.05, 0) is 120 Å². The quantitative estimate of drug-likeness (QED) is 0.302. The van der Waals surface area contributed by atoms with Crippen molar-refractivity contribution >= 4 is 0 Å². The third kappa shape index (κ3) is 7.40. The van der Waals surface area contributed by atoms with E-state index in [9.17, 15) is 0 Å². The van der Waals surface area contributed by atoms with Crippen LogP contribution >= 0.6 is 0 Å². The van der Waals surface area contributed by atoms with Gasteiger partial charge in [-0.1, -0.05) is 51.5 Å². The van der Waals surface area contributed by atoms with Crippen LogP contribution in [0.15, 0.2) is 12.2 Å². The Bertz CT molecular complexity index is 744. The first-order chi connectivity index (χ1) is 14.5. The van der Waals surface area contributed by atoms with Gasteiger partial charge in [-0.15, -0.1) is 6.58 Å². The molecule has 0 saturated heterocycles. The van der Waals surface area contributed by atoms with Crippen molar-refractivity contribution in [2.75, 3.05) is 0 Å². The van der Waals surface area contributed by atoms with Crippen LogP contribution in [-0.4, -0.2) is 5.60 Å². The molecule has 1 aromatic carbocycles. The van der Waals surface area contributed by atoms with E-state index in [1.165, 1.54) is 103 Å². The van der Waals surface area contributed by atoms with Gasteiger partial charge in [0.05, 0.1) is 0 Å². The summed E-state index contributed by atoms with van der Waals surface area (Å²) < 4.78 is 6.71. The van der Waals surface area contributed by atoms with E-state index < -0.39 is 0 Å². The van der Waals surface area contributed by atoms with E-state index in [1.54, 1.807) is 0 Å². The lowest BCUT2D eigenvalue weighted by atomic mass is 9.83. The van der Waals surface area contributed by atoms with Crippen LogP contribution in [0.25, 0.3) is 0 Å². The summed E-state index contributed by atoms with van der Waals surface area (Å²) in [4.78, 5) is 0. The molecule has 31 heavy (non-hydrogen) atoms. The summed E-state index contributed by atoms with van der Waals surface area (Å²) in [5.41, 5.74) is 8.45. The number of fused-ring (bicyclic) bond motifs is 1. The zero-order valence-corrected chi connectivity index (χ0v) is 22.0. The molecule has 3 atom stereocenters. The highest BCUT2D eigenvalue weighted by Crippen LogP contribution is 2.42. The second kappa shape index (κ2) is 11.6. The predicted octanol–water partition coefficient (Wildman–Crippen LogP) is 9.36. The minimum absolute atomic E-state index is 0.00339. The van der Waals surface area contributed by atoms with Crippen molar-refractivity contribution in [2.24, 2.45) is 11.8 Å². The van der Waals surface area contributed by atoms with E-state index in [-0.39, 0.29) is 5.60 Å². The van der Waals surface area contributed by atoms with E-state index >= 15 is 0 Å². The normalized spacial score (nSPS) is 20.1. The molecule has 2 rings (SSSR count). The monoisotopic (exact) mass is 426 g/mol. The lowest BCUT2D eigenvalue weighted by molar-refractivity contribution is 0.0513. The molecule has 0 aliphatic carbocycles. The Hall–Kier alpha value is -1.24. The fraction of sp³-hybridized carbons (Fsp3) is 0.733. The van der Waals surface area contributed by atoms with E-state index in [1.807, 2.05) is 0 Å². The number of hydrogen-bond donors (Lipinski definition) is 0. The molecule has 176 valence electrons. The summed E-state index contributed by atoms with van der Waals surface area (Å²) in [7, 11) is 0. The van der Waals surface area contributed by atoms with Crippen molar-refractivity contribution in [2.45, 2.75) is 132 Å². The maximum absolute atomic E-state index is 6.71. The van der Waals surface area contributed by atoms with Gasteiger partial charge in [0.15, 0.2) is 0 Å². The fourth-order valence-electron chi connectivity index (χ4n) is 5.34. The zero-order chi connectivity index (χ0) is 23.2. The molecule has 1 aliphatic rings. The molecule has 1 heteroatoms. The van der Waals surface area contributed by atoms with Gasteiger partial charge >= 0.3 is 0 Å². The van der Waals surface area contributed by atoms with E-state index in [0.717, 1.165) is 18.3 Å². The van der Waals surface area contributed by atoms with Gasteiger partial charge in [0, 0.05) is 0 Å². The third-order valence-electron chi connectivity index (χ3n) is 8.10. The first kappa shape index (κ1) is 26.0. The first-order valence-corrected chi connectivity index (χ1v) is 13.0. The molecule has 0 spiro atoms. The third-order valence-corrected chi connectivity index (χ3v) is 8.10. The van der Waals surface area contributed by atoms with Crippen LogP contribution < -0.4 is 4.74 Å². The van der Waals surface area contributed by atoms with E-state index in [0.29, 0.717) is 0 Å². The Labute approximate surface area is 194 Å². The van der Waals surface area contributed by atoms with Crippen molar-refractivity contribution < 1.29 is 4.74 Å². The molecule has 0 fully saturated rings. The highest BCUT2D eigenvalue weighted by Gasteiger charge is 2.33. The van der Waals surface area contributed by atoms with Gasteiger partial charge in [0.1, 0.15) is 11.4 Å². The summed E-state index contributed by atoms with van der Waals surface area (Å²) in [5.74, 6) is 2.89. The summed E-state index contributed by atoms with van der Waals surface area (Å²) in [5, 5.41) is 0. The largest absolute Gasteiger partial charge is 0.487 e. The molecular formula is C30H50O.